The summed E-state index contributed by atoms with van der Waals surface area (Å²) in [6, 6.07) is 0. The zero-order valence-electron chi connectivity index (χ0n) is 12.6. The van der Waals surface area contributed by atoms with Gasteiger partial charge in [-0.3, -0.25) is 4.68 Å². The minimum Gasteiger partial charge on any atom is -0.329 e. The molecule has 1 aromatic rings. The van der Waals surface area contributed by atoms with Crippen LogP contribution in [0, 0.1) is 19.8 Å². The zero-order valence-corrected chi connectivity index (χ0v) is 13.4. The number of nitrogens with two attached hydrogens (primary N) is 1. The van der Waals surface area contributed by atoms with Crippen LogP contribution in [-0.4, -0.2) is 30.3 Å². The molecular weight excluding hydrogens is 276 g/mol. The predicted molar refractivity (Wildman–Crippen MR) is 77.9 cm³/mol. The lowest BCUT2D eigenvalue weighted by Gasteiger charge is -2.25. The number of nitrogens with one attached hydrogen (secondary N) is 1. The van der Waals surface area contributed by atoms with Gasteiger partial charge in [0.2, 0.25) is 10.0 Å². The average molecular weight is 300 g/mol. The van der Waals surface area contributed by atoms with E-state index < -0.39 is 15.6 Å². The summed E-state index contributed by atoms with van der Waals surface area (Å²) in [4.78, 5) is 0.291. The molecule has 1 fully saturated rings. The van der Waals surface area contributed by atoms with Crippen LogP contribution in [0.25, 0.3) is 0 Å². The maximum absolute atomic E-state index is 12.6. The molecule has 1 saturated carbocycles. The number of aromatic nitrogens is 2. The highest BCUT2D eigenvalue weighted by Crippen LogP contribution is 2.40. The van der Waals surface area contributed by atoms with Crippen molar-refractivity contribution in [2.75, 3.05) is 6.54 Å². The molecule has 1 heterocycles. The Bertz CT molecular complexity index is 600. The molecule has 1 aliphatic carbocycles. The van der Waals surface area contributed by atoms with Gasteiger partial charge in [0.05, 0.1) is 17.9 Å². The van der Waals surface area contributed by atoms with Crippen LogP contribution in [0.5, 0.6) is 0 Å². The fourth-order valence-corrected chi connectivity index (χ4v) is 4.58. The lowest BCUT2D eigenvalue weighted by Crippen LogP contribution is -2.45. The Balaban J connectivity index is 2.34. The Hall–Kier alpha value is -0.920. The van der Waals surface area contributed by atoms with E-state index in [1.54, 1.807) is 18.5 Å². The highest BCUT2D eigenvalue weighted by molar-refractivity contribution is 7.89. The van der Waals surface area contributed by atoms with E-state index in [4.69, 9.17) is 5.73 Å². The van der Waals surface area contributed by atoms with Gasteiger partial charge < -0.3 is 5.73 Å². The second kappa shape index (κ2) is 5.13. The number of sulfonamides is 1. The molecule has 0 saturated heterocycles. The van der Waals surface area contributed by atoms with Crippen LogP contribution in [0.3, 0.4) is 0 Å². The third-order valence-corrected chi connectivity index (χ3v) is 5.84. The normalized spacial score (nSPS) is 16.6. The van der Waals surface area contributed by atoms with E-state index in [1.165, 1.54) is 0 Å². The van der Waals surface area contributed by atoms with Crippen molar-refractivity contribution in [3.63, 3.8) is 0 Å². The monoisotopic (exact) mass is 300 g/mol. The van der Waals surface area contributed by atoms with Crippen molar-refractivity contribution < 1.29 is 8.42 Å². The maximum Gasteiger partial charge on any atom is 0.244 e. The van der Waals surface area contributed by atoms with Gasteiger partial charge >= 0.3 is 0 Å². The van der Waals surface area contributed by atoms with E-state index >= 15 is 0 Å². The first-order valence-electron chi connectivity index (χ1n) is 6.97. The van der Waals surface area contributed by atoms with Crippen molar-refractivity contribution in [1.29, 1.82) is 0 Å². The average Bonchev–Trinajstić information content (AvgIpc) is 3.06. The smallest absolute Gasteiger partial charge is 0.244 e. The summed E-state index contributed by atoms with van der Waals surface area (Å²) in [6.07, 6.45) is 2.17. The predicted octanol–water partition coefficient (Wildman–Crippen LogP) is 0.926. The van der Waals surface area contributed by atoms with Crippen molar-refractivity contribution in [2.24, 2.45) is 11.7 Å². The summed E-state index contributed by atoms with van der Waals surface area (Å²) in [6.45, 7) is 8.33. The van der Waals surface area contributed by atoms with E-state index in [2.05, 4.69) is 9.82 Å². The summed E-state index contributed by atoms with van der Waals surface area (Å²) >= 11 is 0. The van der Waals surface area contributed by atoms with Gasteiger partial charge in [-0.05, 0) is 46.5 Å². The Kier molecular flexibility index (Phi) is 3.96. The third kappa shape index (κ3) is 2.89. The molecule has 1 aliphatic rings. The highest BCUT2D eigenvalue weighted by Gasteiger charge is 2.41. The van der Waals surface area contributed by atoms with Crippen LogP contribution in [0.15, 0.2) is 4.90 Å². The van der Waals surface area contributed by atoms with Gasteiger partial charge in [0.15, 0.2) is 0 Å². The number of nitrogens with zero attached hydrogens (tertiary/aromatic N) is 2. The molecule has 0 radical (unpaired) electrons. The molecule has 20 heavy (non-hydrogen) atoms. The second-order valence-corrected chi connectivity index (χ2v) is 7.73. The molecule has 0 amide bonds. The Morgan fingerprint density at radius 2 is 2.00 bits per heavy atom. The van der Waals surface area contributed by atoms with Crippen LogP contribution in [0.2, 0.25) is 0 Å². The maximum atomic E-state index is 12.6. The first-order valence-corrected chi connectivity index (χ1v) is 8.45. The molecule has 0 unspecified atom stereocenters. The standard InChI is InChI=1S/C13H24N4O2S/c1-9-12(10(2)17(15-9)8-7-14)20(18,19)16-13(3,4)11-5-6-11/h11,16H,5-8,14H2,1-4H3. The van der Waals surface area contributed by atoms with Crippen LogP contribution in [-0.2, 0) is 16.6 Å². The summed E-state index contributed by atoms with van der Waals surface area (Å²) < 4.78 is 29.8. The Morgan fingerprint density at radius 3 is 2.50 bits per heavy atom. The first-order chi connectivity index (χ1) is 9.19. The molecule has 0 spiro atoms. The topological polar surface area (TPSA) is 90.0 Å². The van der Waals surface area contributed by atoms with E-state index in [9.17, 15) is 8.42 Å². The molecule has 0 aliphatic heterocycles. The van der Waals surface area contributed by atoms with Crippen molar-refractivity contribution in [1.82, 2.24) is 14.5 Å². The highest BCUT2D eigenvalue weighted by atomic mass is 32.2. The van der Waals surface area contributed by atoms with Crippen molar-refractivity contribution in [3.05, 3.63) is 11.4 Å². The lowest BCUT2D eigenvalue weighted by molar-refractivity contribution is 0.400. The second-order valence-electron chi connectivity index (χ2n) is 6.11. The SMILES string of the molecule is Cc1nn(CCN)c(C)c1S(=O)(=O)NC(C)(C)C1CC1. The number of hydrogen-bond acceptors (Lipinski definition) is 4. The van der Waals surface area contributed by atoms with Gasteiger partial charge in [-0.1, -0.05) is 0 Å². The number of aryl methyl sites for hydroxylation is 1. The number of hydrogen-bond donors (Lipinski definition) is 2. The summed E-state index contributed by atoms with van der Waals surface area (Å²) in [7, 11) is -3.56. The molecule has 6 nitrogen and oxygen atoms in total. The number of rotatable bonds is 6. The minimum absolute atomic E-state index is 0.291. The Morgan fingerprint density at radius 1 is 1.40 bits per heavy atom. The first kappa shape index (κ1) is 15.5. The van der Waals surface area contributed by atoms with E-state index in [0.29, 0.717) is 35.3 Å². The van der Waals surface area contributed by atoms with Gasteiger partial charge in [-0.2, -0.15) is 5.10 Å². The van der Waals surface area contributed by atoms with E-state index in [-0.39, 0.29) is 0 Å². The molecule has 0 bridgehead atoms. The largest absolute Gasteiger partial charge is 0.329 e. The van der Waals surface area contributed by atoms with Crippen LogP contribution < -0.4 is 10.5 Å². The van der Waals surface area contributed by atoms with Crippen molar-refractivity contribution in [3.8, 4) is 0 Å². The quantitative estimate of drug-likeness (QED) is 0.817. The summed E-state index contributed by atoms with van der Waals surface area (Å²) in [5, 5.41) is 4.27. The summed E-state index contributed by atoms with van der Waals surface area (Å²) in [5.41, 5.74) is 6.28. The minimum atomic E-state index is -3.56. The zero-order chi connectivity index (χ0) is 15.1. The van der Waals surface area contributed by atoms with Crippen LogP contribution >= 0.6 is 0 Å². The molecule has 0 aromatic carbocycles. The van der Waals surface area contributed by atoms with Gasteiger partial charge in [-0.25, -0.2) is 13.1 Å². The van der Waals surface area contributed by atoms with E-state index in [0.717, 1.165) is 12.8 Å². The fourth-order valence-electron chi connectivity index (χ4n) is 2.70. The summed E-state index contributed by atoms with van der Waals surface area (Å²) in [5.74, 6) is 0.428. The molecule has 1 aromatic heterocycles. The van der Waals surface area contributed by atoms with Gasteiger partial charge in [0.25, 0.3) is 0 Å². The third-order valence-electron chi connectivity index (χ3n) is 3.92. The Labute approximate surface area is 120 Å². The van der Waals surface area contributed by atoms with E-state index in [1.807, 2.05) is 13.8 Å². The molecule has 0 atom stereocenters. The van der Waals surface area contributed by atoms with Gasteiger partial charge in [-0.15, -0.1) is 0 Å². The fraction of sp³-hybridized carbons (Fsp3) is 0.769. The lowest BCUT2D eigenvalue weighted by atomic mass is 10.0. The molecule has 7 heteroatoms. The van der Waals surface area contributed by atoms with Crippen molar-refractivity contribution in [2.45, 2.75) is 57.5 Å². The molecule has 3 N–H and O–H groups in total. The molecular formula is C13H24N4O2S. The van der Waals surface area contributed by atoms with Gasteiger partial charge in [0, 0.05) is 12.1 Å². The van der Waals surface area contributed by atoms with Gasteiger partial charge in [0.1, 0.15) is 4.90 Å². The molecule has 2 rings (SSSR count). The van der Waals surface area contributed by atoms with Crippen LogP contribution in [0.1, 0.15) is 38.1 Å². The van der Waals surface area contributed by atoms with Crippen molar-refractivity contribution >= 4 is 10.0 Å². The van der Waals surface area contributed by atoms with Crippen LogP contribution in [0.4, 0.5) is 0 Å². The molecule has 114 valence electrons.